The van der Waals surface area contributed by atoms with Crippen LogP contribution in [-0.4, -0.2) is 13.7 Å². The number of fused-ring (bicyclic) bond motifs is 12. The number of aryl methyl sites for hydroxylation is 6. The maximum Gasteiger partial charge on any atom is 0.0620 e. The highest BCUT2D eigenvalue weighted by Gasteiger charge is 2.28. The SMILES string of the molecule is Cc1ccc(N(c2ccc(C)cc2)c2ccc(-c3ccc4ccc5c6c(ccc3c46)cc3c4ccccc4n(-c4ccccc4)c35)cc2)cc1.Cc1cccc(N(c2ccc(-c3ccc4ccc5c6c(ccc3c46)cc3c4ccccc4n(-c4ccccc4)c35)cc2)c2cccc(C)c2)c1.Cc1ccccc1N(c1ccc(-c2ccc3ccc4c5c(ccc2c35)cc2c3ccccc3n(-c3ccccc3)c24)cc1)c1ccccc1C. The van der Waals surface area contributed by atoms with Crippen molar-refractivity contribution in [3.63, 3.8) is 0 Å². The number of aromatic nitrogens is 3. The van der Waals surface area contributed by atoms with Crippen molar-refractivity contribution in [2.45, 2.75) is 41.5 Å². The fourth-order valence-electron chi connectivity index (χ4n) is 24.5. The Labute approximate surface area is 870 Å². The Hall–Kier alpha value is -19.1. The van der Waals surface area contributed by atoms with Crippen molar-refractivity contribution in [1.82, 2.24) is 13.7 Å². The molecule has 0 aliphatic heterocycles. The van der Waals surface area contributed by atoms with E-state index >= 15 is 0 Å². The van der Waals surface area contributed by atoms with Crippen molar-refractivity contribution >= 4 is 214 Å². The summed E-state index contributed by atoms with van der Waals surface area (Å²) in [6, 6.07) is 187. The topological polar surface area (TPSA) is 24.5 Å². The minimum Gasteiger partial charge on any atom is -0.311 e. The Morgan fingerprint density at radius 1 is 0.153 bits per heavy atom. The molecule has 0 atom stereocenters. The Morgan fingerprint density at radius 3 is 0.733 bits per heavy atom. The van der Waals surface area contributed by atoms with Gasteiger partial charge in [0.15, 0.2) is 0 Å². The monoisotopic (exact) mass is 1910 g/mol. The average molecular weight is 1920 g/mol. The van der Waals surface area contributed by atoms with Crippen LogP contribution in [0, 0.1) is 41.5 Å². The lowest BCUT2D eigenvalue weighted by atomic mass is 9.89. The van der Waals surface area contributed by atoms with Crippen molar-refractivity contribution in [2.24, 2.45) is 0 Å². The second-order valence-electron chi connectivity index (χ2n) is 40.6. The van der Waals surface area contributed by atoms with Crippen LogP contribution < -0.4 is 14.7 Å². The molecule has 3 heterocycles. The van der Waals surface area contributed by atoms with Gasteiger partial charge >= 0.3 is 0 Å². The van der Waals surface area contributed by atoms with Gasteiger partial charge < -0.3 is 28.4 Å². The van der Waals surface area contributed by atoms with E-state index in [1.165, 1.54) is 258 Å². The summed E-state index contributed by atoms with van der Waals surface area (Å²) < 4.78 is 7.35. The van der Waals surface area contributed by atoms with Crippen molar-refractivity contribution in [1.29, 1.82) is 0 Å². The summed E-state index contributed by atoms with van der Waals surface area (Å²) in [5.41, 5.74) is 36.3. The molecule has 6 heteroatoms. The fourth-order valence-corrected chi connectivity index (χ4v) is 24.5. The van der Waals surface area contributed by atoms with Crippen molar-refractivity contribution < 1.29 is 0 Å². The van der Waals surface area contributed by atoms with Crippen LogP contribution in [0.1, 0.15) is 33.4 Å². The smallest absolute Gasteiger partial charge is 0.0620 e. The average Bonchev–Trinajstić information content (AvgIpc) is 1.52. The van der Waals surface area contributed by atoms with Crippen LogP contribution in [0.4, 0.5) is 51.2 Å². The van der Waals surface area contributed by atoms with Crippen molar-refractivity contribution in [3.8, 4) is 50.4 Å². The predicted molar refractivity (Wildman–Crippen MR) is 642 cm³/mol. The first kappa shape index (κ1) is 88.6. The Kier molecular flexibility index (Phi) is 21.2. The molecule has 0 N–H and O–H groups in total. The third-order valence-corrected chi connectivity index (χ3v) is 31.4. The molecule has 30 rings (SSSR count). The fraction of sp³-hybridized carbons (Fsp3) is 0.0417. The minimum absolute atomic E-state index is 1.13. The van der Waals surface area contributed by atoms with Gasteiger partial charge in [-0.15, -0.1) is 0 Å². The molecular formula is C144H102N6. The van der Waals surface area contributed by atoms with Crippen LogP contribution in [0.5, 0.6) is 0 Å². The summed E-state index contributed by atoms with van der Waals surface area (Å²) >= 11 is 0. The van der Waals surface area contributed by atoms with Gasteiger partial charge in [0.2, 0.25) is 0 Å². The molecule has 150 heavy (non-hydrogen) atoms. The lowest BCUT2D eigenvalue weighted by molar-refractivity contribution is 1.19. The van der Waals surface area contributed by atoms with Gasteiger partial charge in [0.05, 0.1) is 33.1 Å². The van der Waals surface area contributed by atoms with E-state index in [1.54, 1.807) is 0 Å². The van der Waals surface area contributed by atoms with E-state index in [-0.39, 0.29) is 0 Å². The molecule has 0 aliphatic rings. The zero-order chi connectivity index (χ0) is 100. The first-order valence-electron chi connectivity index (χ1n) is 52.1. The molecule has 0 spiro atoms. The molecule has 3 aromatic heterocycles. The summed E-state index contributed by atoms with van der Waals surface area (Å²) in [6.07, 6.45) is 0. The standard InChI is InChI=1S/3C48H34N2/c1-31-12-6-9-17-43(31)49(44-18-10-7-13-32(44)2)37-25-20-33(21-26-37)38-27-22-34-23-29-41-47-35(24-28-40(38)46(34)47)30-42-39-16-8-11-19-45(39)50(48(41)42)36-14-4-3-5-15-36;1-31-10-8-14-38(28-31)49(39-15-9-11-32(2)29-39)37-23-18-33(19-24-37)40-25-20-34-21-27-43-47-35(22-26-42(40)46(34)47)30-44-41-16-6-7-17-45(41)50(48(43)44)36-12-4-3-5-13-36;1-31-12-21-37(22-13-31)49(38-23-14-32(2)15-24-38)39-25-16-33(17-26-39)40-27-18-34-19-29-43-47-35(20-28-42(40)46(34)47)30-44-41-10-6-7-11-45(41)50(48(43)44)36-8-4-3-5-9-36/h3*3-30H,1-2H3. The van der Waals surface area contributed by atoms with Gasteiger partial charge in [-0.2, -0.15) is 0 Å². The second kappa shape index (κ2) is 36.0. The largest absolute Gasteiger partial charge is 0.311 e. The minimum atomic E-state index is 1.13. The van der Waals surface area contributed by atoms with Crippen LogP contribution in [0.2, 0.25) is 0 Å². The number of anilines is 9. The highest BCUT2D eigenvalue weighted by Crippen LogP contribution is 2.53. The number of nitrogens with zero attached hydrogens (tertiary/aromatic N) is 6. The third-order valence-electron chi connectivity index (χ3n) is 31.4. The van der Waals surface area contributed by atoms with E-state index in [4.69, 9.17) is 0 Å². The van der Waals surface area contributed by atoms with E-state index in [1.807, 2.05) is 0 Å². The molecule has 0 fully saturated rings. The van der Waals surface area contributed by atoms with Crippen molar-refractivity contribution in [3.05, 3.63) is 543 Å². The van der Waals surface area contributed by atoms with E-state index in [9.17, 15) is 0 Å². The molecule has 6 nitrogen and oxygen atoms in total. The number of hydrogen-bond acceptors (Lipinski definition) is 3. The van der Waals surface area contributed by atoms with Crippen LogP contribution in [0.3, 0.4) is 0 Å². The van der Waals surface area contributed by atoms with Crippen LogP contribution in [-0.2, 0) is 0 Å². The molecule has 0 saturated heterocycles. The number of rotatable bonds is 15. The van der Waals surface area contributed by atoms with Gasteiger partial charge in [-0.05, 0) is 348 Å². The Balaban J connectivity index is 0.000000108. The highest BCUT2D eigenvalue weighted by atomic mass is 15.2. The zero-order valence-electron chi connectivity index (χ0n) is 84.2. The molecule has 0 aliphatic carbocycles. The van der Waals surface area contributed by atoms with Gasteiger partial charge in [0, 0.05) is 117 Å². The molecule has 0 radical (unpaired) electrons. The number of hydrogen-bond donors (Lipinski definition) is 0. The molecule has 30 aromatic rings. The lowest BCUT2D eigenvalue weighted by Gasteiger charge is -2.28. The molecule has 708 valence electrons. The van der Waals surface area contributed by atoms with Gasteiger partial charge in [-0.1, -0.05) is 351 Å². The maximum absolute atomic E-state index is 2.45. The first-order valence-corrected chi connectivity index (χ1v) is 52.1. The van der Waals surface area contributed by atoms with E-state index < -0.39 is 0 Å². The third kappa shape index (κ3) is 14.7. The highest BCUT2D eigenvalue weighted by molar-refractivity contribution is 6.36. The normalized spacial score (nSPS) is 11.8. The first-order chi connectivity index (χ1) is 73.9. The molecular weight excluding hydrogens is 1810 g/mol. The summed E-state index contributed by atoms with van der Waals surface area (Å²) in [5, 5.41) is 31.0. The Morgan fingerprint density at radius 2 is 0.413 bits per heavy atom. The van der Waals surface area contributed by atoms with Crippen LogP contribution in [0.15, 0.2) is 510 Å². The van der Waals surface area contributed by atoms with E-state index in [2.05, 4.69) is 580 Å². The molecule has 0 bridgehead atoms. The summed E-state index contributed by atoms with van der Waals surface area (Å²) in [4.78, 5) is 7.07. The van der Waals surface area contributed by atoms with Gasteiger partial charge in [-0.3, -0.25) is 0 Å². The maximum atomic E-state index is 2.45. The van der Waals surface area contributed by atoms with Crippen molar-refractivity contribution in [2.75, 3.05) is 14.7 Å². The van der Waals surface area contributed by atoms with Crippen LogP contribution >= 0.6 is 0 Å². The van der Waals surface area contributed by atoms with Gasteiger partial charge in [0.25, 0.3) is 0 Å². The molecule has 0 amide bonds. The molecule has 0 saturated carbocycles. The van der Waals surface area contributed by atoms with Gasteiger partial charge in [0.1, 0.15) is 0 Å². The zero-order valence-corrected chi connectivity index (χ0v) is 84.2. The summed E-state index contributed by atoms with van der Waals surface area (Å²) in [7, 11) is 0. The van der Waals surface area contributed by atoms with E-state index in [0.29, 0.717) is 0 Å². The van der Waals surface area contributed by atoms with Gasteiger partial charge in [-0.25, -0.2) is 0 Å². The number of benzene rings is 27. The lowest BCUT2D eigenvalue weighted by Crippen LogP contribution is -2.12. The molecule has 27 aromatic carbocycles. The Bertz CT molecular complexity index is 10400. The summed E-state index contributed by atoms with van der Waals surface area (Å²) in [6.45, 7) is 13.0. The molecule has 0 unspecified atom stereocenters. The summed E-state index contributed by atoms with van der Waals surface area (Å²) in [5.74, 6) is 0. The second-order valence-corrected chi connectivity index (χ2v) is 40.6. The van der Waals surface area contributed by atoms with Crippen LogP contribution in [0.25, 0.3) is 213 Å². The van der Waals surface area contributed by atoms with E-state index in [0.717, 1.165) is 39.8 Å². The predicted octanol–water partition coefficient (Wildman–Crippen LogP) is 40.3. The quantitative estimate of drug-likeness (QED) is 0.0956. The number of para-hydroxylation sites is 8.